The molecule has 0 aliphatic rings. The molecule has 0 heterocycles. The number of carboxylic acid groups (broad SMARTS) is 1. The van der Waals surface area contributed by atoms with Crippen LogP contribution in [0.5, 0.6) is 0 Å². The number of nitrogens with zero attached hydrogens (tertiary/aromatic N) is 1. The van der Waals surface area contributed by atoms with Crippen LogP contribution in [0.25, 0.3) is 0 Å². The van der Waals surface area contributed by atoms with Crippen molar-refractivity contribution in [2.75, 3.05) is 13.1 Å². The van der Waals surface area contributed by atoms with E-state index in [1.165, 1.54) is 51.4 Å². The smallest absolute Gasteiger partial charge is 0.305 e. The lowest BCUT2D eigenvalue weighted by molar-refractivity contribution is -0.141. The van der Waals surface area contributed by atoms with Gasteiger partial charge in [-0.3, -0.25) is 38.6 Å². The standard InChI is InChI=1S/C40H75N9O8/c1-6-8-9-10-11-12-13-14-15-16-17-18-19-22-33(51)46-31(25-34(52)53)38(56)49-35(28(5)7-2)39(57)48-30(24-27(3)4)37(55)47-29(21-20-23-44-40(42)43)36(54)45-26-32(41)50/h27-31,35H,6-26H2,1-5H3,(H2,41,50)(H,45,54)(H,46,51)(H,47,55)(H,48,57)(H,49,56)(H,52,53)(H4,42,43,44)/t28-,29-,30-,31-,35-/m0/s1. The second kappa shape index (κ2) is 31.6. The number of nitrogens with one attached hydrogen (secondary N) is 5. The lowest BCUT2D eigenvalue weighted by Crippen LogP contribution is -2.60. The van der Waals surface area contributed by atoms with Gasteiger partial charge >= 0.3 is 5.97 Å². The van der Waals surface area contributed by atoms with Gasteiger partial charge in [-0.15, -0.1) is 0 Å². The number of unbranched alkanes of at least 4 members (excludes halogenated alkanes) is 12. The van der Waals surface area contributed by atoms with Gasteiger partial charge in [-0.25, -0.2) is 0 Å². The van der Waals surface area contributed by atoms with E-state index in [4.69, 9.17) is 17.2 Å². The molecule has 0 unspecified atom stereocenters. The molecular weight excluding hydrogens is 734 g/mol. The summed E-state index contributed by atoms with van der Waals surface area (Å²) in [5, 5.41) is 22.4. The molecule has 0 aromatic heterocycles. The van der Waals surface area contributed by atoms with E-state index in [1.807, 2.05) is 13.8 Å². The molecule has 5 atom stereocenters. The minimum Gasteiger partial charge on any atom is -0.481 e. The largest absolute Gasteiger partial charge is 0.481 e. The molecule has 0 spiro atoms. The summed E-state index contributed by atoms with van der Waals surface area (Å²) in [6.07, 6.45) is 15.4. The topological polar surface area (TPSA) is 290 Å². The predicted octanol–water partition coefficient (Wildman–Crippen LogP) is 2.63. The summed E-state index contributed by atoms with van der Waals surface area (Å²) in [5.41, 5.74) is 15.9. The Morgan fingerprint density at radius 3 is 1.63 bits per heavy atom. The van der Waals surface area contributed by atoms with E-state index in [0.717, 1.165) is 25.7 Å². The van der Waals surface area contributed by atoms with E-state index < -0.39 is 84.5 Å². The third-order valence-electron chi connectivity index (χ3n) is 9.69. The molecule has 17 heteroatoms. The van der Waals surface area contributed by atoms with Crippen LogP contribution in [-0.2, 0) is 33.6 Å². The van der Waals surface area contributed by atoms with Gasteiger partial charge in [0.1, 0.15) is 24.2 Å². The fourth-order valence-electron chi connectivity index (χ4n) is 6.22. The first kappa shape index (κ1) is 52.6. The maximum absolute atomic E-state index is 13.8. The van der Waals surface area contributed by atoms with E-state index in [9.17, 15) is 38.7 Å². The Labute approximate surface area is 340 Å². The molecule has 0 radical (unpaired) electrons. The van der Waals surface area contributed by atoms with Crippen LogP contribution < -0.4 is 43.8 Å². The van der Waals surface area contributed by atoms with Crippen LogP contribution in [0.1, 0.15) is 157 Å². The second-order valence-electron chi connectivity index (χ2n) is 15.5. The molecular formula is C40H75N9O8. The summed E-state index contributed by atoms with van der Waals surface area (Å²) < 4.78 is 0. The Kier molecular flexibility index (Phi) is 29.2. The van der Waals surface area contributed by atoms with E-state index in [1.54, 1.807) is 13.8 Å². The van der Waals surface area contributed by atoms with Gasteiger partial charge in [0.2, 0.25) is 35.4 Å². The van der Waals surface area contributed by atoms with Crippen LogP contribution in [-0.4, -0.2) is 89.7 Å². The molecule has 0 aliphatic carbocycles. The van der Waals surface area contributed by atoms with Crippen molar-refractivity contribution < 1.29 is 38.7 Å². The van der Waals surface area contributed by atoms with Crippen LogP contribution >= 0.6 is 0 Å². The fourth-order valence-corrected chi connectivity index (χ4v) is 6.22. The minimum absolute atomic E-state index is 0.0910. The highest BCUT2D eigenvalue weighted by atomic mass is 16.4. The van der Waals surface area contributed by atoms with E-state index in [2.05, 4.69) is 38.5 Å². The van der Waals surface area contributed by atoms with Crippen molar-refractivity contribution in [3.05, 3.63) is 0 Å². The number of hydrogen-bond acceptors (Lipinski definition) is 8. The Balaban J connectivity index is 5.50. The molecule has 0 aromatic carbocycles. The van der Waals surface area contributed by atoms with Crippen molar-refractivity contribution in [3.8, 4) is 0 Å². The number of aliphatic imine (C=N–C) groups is 1. The maximum atomic E-state index is 13.8. The van der Waals surface area contributed by atoms with Gasteiger partial charge in [0.05, 0.1) is 13.0 Å². The van der Waals surface area contributed by atoms with Crippen molar-refractivity contribution in [2.24, 2.45) is 34.0 Å². The van der Waals surface area contributed by atoms with Gasteiger partial charge < -0.3 is 48.9 Å². The zero-order valence-corrected chi connectivity index (χ0v) is 35.3. The normalized spacial score (nSPS) is 13.6. The highest BCUT2D eigenvalue weighted by molar-refractivity contribution is 5.96. The molecule has 12 N–H and O–H groups in total. The van der Waals surface area contributed by atoms with Crippen molar-refractivity contribution in [1.29, 1.82) is 0 Å². The quantitative estimate of drug-likeness (QED) is 0.0260. The van der Waals surface area contributed by atoms with Gasteiger partial charge in [0.25, 0.3) is 0 Å². The average molecular weight is 810 g/mol. The van der Waals surface area contributed by atoms with Gasteiger partial charge in [-0.2, -0.15) is 0 Å². The van der Waals surface area contributed by atoms with Crippen LogP contribution in [0, 0.1) is 11.8 Å². The number of primary amides is 1. The summed E-state index contributed by atoms with van der Waals surface area (Å²) in [6, 6.07) is -4.87. The van der Waals surface area contributed by atoms with Crippen LogP contribution in [0.4, 0.5) is 0 Å². The lowest BCUT2D eigenvalue weighted by atomic mass is 9.96. The summed E-state index contributed by atoms with van der Waals surface area (Å²) >= 11 is 0. The molecule has 0 aliphatic heterocycles. The van der Waals surface area contributed by atoms with E-state index in [0.29, 0.717) is 19.3 Å². The van der Waals surface area contributed by atoms with Gasteiger partial charge in [-0.1, -0.05) is 118 Å². The first-order chi connectivity index (χ1) is 27.0. The van der Waals surface area contributed by atoms with Crippen LogP contribution in [0.2, 0.25) is 0 Å². The van der Waals surface area contributed by atoms with Crippen molar-refractivity contribution in [2.45, 2.75) is 181 Å². The highest BCUT2D eigenvalue weighted by Crippen LogP contribution is 2.15. The SMILES string of the molecule is CCCCCCCCCCCCCCCC(=O)N[C@@H](CC(=O)O)C(=O)N[C@H](C(=O)N[C@@H](CC(C)C)C(=O)N[C@@H](CCCN=C(N)N)C(=O)NCC(N)=O)[C@@H](C)CC. The average Bonchev–Trinajstić information content (AvgIpc) is 3.14. The fraction of sp³-hybridized carbons (Fsp3) is 0.800. The first-order valence-corrected chi connectivity index (χ1v) is 21.1. The number of aliphatic carboxylic acids is 1. The summed E-state index contributed by atoms with van der Waals surface area (Å²) in [5.74, 6) is -6.12. The van der Waals surface area contributed by atoms with Gasteiger partial charge in [-0.05, 0) is 37.5 Å². The second-order valence-corrected chi connectivity index (χ2v) is 15.5. The van der Waals surface area contributed by atoms with Crippen molar-refractivity contribution >= 4 is 47.4 Å². The minimum atomic E-state index is -1.43. The van der Waals surface area contributed by atoms with Crippen molar-refractivity contribution in [1.82, 2.24) is 26.6 Å². The van der Waals surface area contributed by atoms with Crippen LogP contribution in [0.3, 0.4) is 0 Å². The molecule has 328 valence electrons. The number of rotatable bonds is 34. The van der Waals surface area contributed by atoms with Gasteiger partial charge in [0, 0.05) is 13.0 Å². The summed E-state index contributed by atoms with van der Waals surface area (Å²) in [4.78, 5) is 93.5. The Morgan fingerprint density at radius 2 is 1.14 bits per heavy atom. The Bertz CT molecular complexity index is 1260. The third-order valence-corrected chi connectivity index (χ3v) is 9.69. The molecule has 0 aromatic rings. The number of carboxylic acids is 1. The zero-order valence-electron chi connectivity index (χ0n) is 35.3. The monoisotopic (exact) mass is 810 g/mol. The highest BCUT2D eigenvalue weighted by Gasteiger charge is 2.34. The molecule has 17 nitrogen and oxygen atoms in total. The van der Waals surface area contributed by atoms with Crippen LogP contribution in [0.15, 0.2) is 4.99 Å². The van der Waals surface area contributed by atoms with E-state index >= 15 is 0 Å². The zero-order chi connectivity index (χ0) is 43.2. The van der Waals surface area contributed by atoms with E-state index in [-0.39, 0.29) is 37.7 Å². The van der Waals surface area contributed by atoms with Crippen molar-refractivity contribution in [3.63, 3.8) is 0 Å². The number of hydrogen-bond donors (Lipinski definition) is 9. The molecule has 0 fully saturated rings. The molecule has 57 heavy (non-hydrogen) atoms. The number of carbonyl (C=O) groups is 7. The summed E-state index contributed by atoms with van der Waals surface area (Å²) in [6.45, 7) is 9.13. The molecule has 0 saturated heterocycles. The molecule has 0 saturated carbocycles. The Morgan fingerprint density at radius 1 is 0.614 bits per heavy atom. The number of carbonyl (C=O) groups excluding carboxylic acids is 6. The maximum Gasteiger partial charge on any atom is 0.305 e. The lowest BCUT2D eigenvalue weighted by Gasteiger charge is -2.29. The first-order valence-electron chi connectivity index (χ1n) is 21.1. The predicted molar refractivity (Wildman–Crippen MR) is 221 cm³/mol. The van der Waals surface area contributed by atoms with Gasteiger partial charge in [0.15, 0.2) is 5.96 Å². The number of amides is 6. The molecule has 0 rings (SSSR count). The summed E-state index contributed by atoms with van der Waals surface area (Å²) in [7, 11) is 0. The Hall–Kier alpha value is -4.44. The number of nitrogens with two attached hydrogens (primary N) is 3. The number of guanidine groups is 1. The third kappa shape index (κ3) is 26.9. The molecule has 0 bridgehead atoms. The molecule has 6 amide bonds.